The van der Waals surface area contributed by atoms with E-state index in [1.54, 1.807) is 9.80 Å². The van der Waals surface area contributed by atoms with Crippen molar-refractivity contribution in [2.24, 2.45) is 11.8 Å². The van der Waals surface area contributed by atoms with Crippen LogP contribution in [0.1, 0.15) is 30.4 Å². The van der Waals surface area contributed by atoms with Crippen LogP contribution in [0.5, 0.6) is 0 Å². The Bertz CT molecular complexity index is 702. The Hall–Kier alpha value is -2.37. The fraction of sp³-hybridized carbons (Fsp3) is 0.550. The molecule has 0 aliphatic carbocycles. The maximum Gasteiger partial charge on any atom is 0.308 e. The summed E-state index contributed by atoms with van der Waals surface area (Å²) in [6.07, 6.45) is 1.50. The number of carbonyl (C=O) groups excluding carboxylic acids is 3. The molecule has 0 saturated carbocycles. The molecule has 0 bridgehead atoms. The minimum absolute atomic E-state index is 0.00204. The number of hydrogen-bond donors (Lipinski definition) is 0. The van der Waals surface area contributed by atoms with Gasteiger partial charge in [0.25, 0.3) is 0 Å². The van der Waals surface area contributed by atoms with Gasteiger partial charge in [-0.1, -0.05) is 6.07 Å². The van der Waals surface area contributed by atoms with E-state index in [9.17, 15) is 14.4 Å². The molecule has 140 valence electrons. The van der Waals surface area contributed by atoms with Crippen LogP contribution in [0.4, 0.5) is 5.69 Å². The molecule has 1 aromatic carbocycles. The molecule has 1 aromatic rings. The van der Waals surface area contributed by atoms with Crippen LogP contribution in [0.2, 0.25) is 0 Å². The quantitative estimate of drug-likeness (QED) is 0.776. The average Bonchev–Trinajstić information content (AvgIpc) is 3.01. The number of methoxy groups -OCH3 is 1. The van der Waals surface area contributed by atoms with Crippen LogP contribution in [0.3, 0.4) is 0 Å². The molecule has 2 amide bonds. The van der Waals surface area contributed by atoms with Crippen LogP contribution in [-0.4, -0.2) is 49.4 Å². The Balaban J connectivity index is 1.63. The summed E-state index contributed by atoms with van der Waals surface area (Å²) in [4.78, 5) is 40.4. The van der Waals surface area contributed by atoms with Crippen molar-refractivity contribution in [1.82, 2.24) is 4.90 Å². The summed E-state index contributed by atoms with van der Waals surface area (Å²) in [6.45, 7) is 5.54. The largest absolute Gasteiger partial charge is 0.469 e. The Morgan fingerprint density at radius 3 is 2.23 bits per heavy atom. The molecule has 3 rings (SSSR count). The standard InChI is InChI=1S/C20H26N2O4/c1-13-8-14(2)10-17(9-13)22-12-16(11-18(22)23)19(24)21-6-4-15(5-7-21)20(25)26-3/h8-10,15-16H,4-7,11-12H2,1-3H3. The smallest absolute Gasteiger partial charge is 0.308 e. The van der Waals surface area contributed by atoms with E-state index in [0.717, 1.165) is 16.8 Å². The van der Waals surface area contributed by atoms with Crippen molar-refractivity contribution in [1.29, 1.82) is 0 Å². The van der Waals surface area contributed by atoms with Crippen LogP contribution in [0, 0.1) is 25.7 Å². The van der Waals surface area contributed by atoms with Crippen molar-refractivity contribution in [3.05, 3.63) is 29.3 Å². The van der Waals surface area contributed by atoms with E-state index in [1.165, 1.54) is 7.11 Å². The number of ether oxygens (including phenoxy) is 1. The molecule has 2 heterocycles. The molecule has 0 N–H and O–H groups in total. The van der Waals surface area contributed by atoms with Gasteiger partial charge in [0, 0.05) is 31.7 Å². The number of rotatable bonds is 3. The first-order chi connectivity index (χ1) is 12.4. The number of nitrogens with zero attached hydrogens (tertiary/aromatic N) is 2. The van der Waals surface area contributed by atoms with Crippen molar-refractivity contribution in [2.45, 2.75) is 33.1 Å². The normalized spacial score (nSPS) is 21.2. The van der Waals surface area contributed by atoms with Crippen LogP contribution in [-0.2, 0) is 19.1 Å². The average molecular weight is 358 g/mol. The highest BCUT2D eigenvalue weighted by atomic mass is 16.5. The van der Waals surface area contributed by atoms with Crippen molar-refractivity contribution in [2.75, 3.05) is 31.6 Å². The molecule has 6 heteroatoms. The molecule has 2 aliphatic heterocycles. The third-order valence-electron chi connectivity index (χ3n) is 5.33. The highest BCUT2D eigenvalue weighted by Crippen LogP contribution is 2.29. The lowest BCUT2D eigenvalue weighted by Gasteiger charge is -2.32. The van der Waals surface area contributed by atoms with Gasteiger partial charge in [-0.2, -0.15) is 0 Å². The molecule has 2 aliphatic rings. The van der Waals surface area contributed by atoms with Crippen LogP contribution in [0.15, 0.2) is 18.2 Å². The van der Waals surface area contributed by atoms with E-state index >= 15 is 0 Å². The number of anilines is 1. The number of benzene rings is 1. The summed E-state index contributed by atoms with van der Waals surface area (Å²) in [5.74, 6) is -0.612. The summed E-state index contributed by atoms with van der Waals surface area (Å²) in [6, 6.07) is 6.04. The van der Waals surface area contributed by atoms with E-state index < -0.39 is 0 Å². The molecule has 0 aromatic heterocycles. The van der Waals surface area contributed by atoms with Gasteiger partial charge in [0.05, 0.1) is 18.9 Å². The predicted octanol–water partition coefficient (Wildman–Crippen LogP) is 2.07. The third-order valence-corrected chi connectivity index (χ3v) is 5.33. The van der Waals surface area contributed by atoms with Crippen molar-refractivity contribution < 1.29 is 19.1 Å². The predicted molar refractivity (Wildman–Crippen MR) is 97.7 cm³/mol. The van der Waals surface area contributed by atoms with Gasteiger partial charge < -0.3 is 14.5 Å². The minimum Gasteiger partial charge on any atom is -0.469 e. The molecule has 26 heavy (non-hydrogen) atoms. The highest BCUT2D eigenvalue weighted by Gasteiger charge is 2.38. The van der Waals surface area contributed by atoms with Gasteiger partial charge in [-0.05, 0) is 49.9 Å². The van der Waals surface area contributed by atoms with Crippen molar-refractivity contribution in [3.63, 3.8) is 0 Å². The molecular weight excluding hydrogens is 332 g/mol. The van der Waals surface area contributed by atoms with Crippen molar-refractivity contribution in [3.8, 4) is 0 Å². The first-order valence-corrected chi connectivity index (χ1v) is 9.14. The Kier molecular flexibility index (Phi) is 5.30. The minimum atomic E-state index is -0.307. The number of likely N-dealkylation sites (tertiary alicyclic amines) is 1. The summed E-state index contributed by atoms with van der Waals surface area (Å²) >= 11 is 0. The van der Waals surface area contributed by atoms with Gasteiger partial charge in [0.2, 0.25) is 11.8 Å². The zero-order chi connectivity index (χ0) is 18.8. The maximum atomic E-state index is 12.8. The number of carbonyl (C=O) groups is 3. The molecule has 2 fully saturated rings. The van der Waals surface area contributed by atoms with Crippen LogP contribution >= 0.6 is 0 Å². The first-order valence-electron chi connectivity index (χ1n) is 9.14. The lowest BCUT2D eigenvalue weighted by Crippen LogP contribution is -2.43. The van der Waals surface area contributed by atoms with Gasteiger partial charge in [0.1, 0.15) is 0 Å². The lowest BCUT2D eigenvalue weighted by atomic mass is 9.95. The highest BCUT2D eigenvalue weighted by molar-refractivity contribution is 6.00. The number of aryl methyl sites for hydroxylation is 2. The second-order valence-corrected chi connectivity index (χ2v) is 7.37. The van der Waals surface area contributed by atoms with E-state index in [4.69, 9.17) is 4.74 Å². The molecule has 2 saturated heterocycles. The zero-order valence-corrected chi connectivity index (χ0v) is 15.7. The summed E-state index contributed by atoms with van der Waals surface area (Å²) in [5.41, 5.74) is 3.08. The molecule has 0 spiro atoms. The second-order valence-electron chi connectivity index (χ2n) is 7.37. The lowest BCUT2D eigenvalue weighted by molar-refractivity contribution is -0.149. The topological polar surface area (TPSA) is 66.9 Å². The zero-order valence-electron chi connectivity index (χ0n) is 15.7. The van der Waals surface area contributed by atoms with E-state index in [1.807, 2.05) is 26.0 Å². The van der Waals surface area contributed by atoms with Gasteiger partial charge >= 0.3 is 5.97 Å². The third kappa shape index (κ3) is 3.74. The van der Waals surface area contributed by atoms with Gasteiger partial charge in [-0.3, -0.25) is 14.4 Å². The number of piperidine rings is 1. The number of amides is 2. The first kappa shape index (κ1) is 18.4. The van der Waals surface area contributed by atoms with E-state index in [-0.39, 0.29) is 36.0 Å². The summed E-state index contributed by atoms with van der Waals surface area (Å²) in [7, 11) is 1.39. The monoisotopic (exact) mass is 358 g/mol. The Labute approximate surface area is 154 Å². The molecular formula is C20H26N2O4. The van der Waals surface area contributed by atoms with Gasteiger partial charge in [-0.25, -0.2) is 0 Å². The molecule has 1 atom stereocenters. The van der Waals surface area contributed by atoms with Crippen molar-refractivity contribution >= 4 is 23.5 Å². The number of esters is 1. The fourth-order valence-electron chi connectivity index (χ4n) is 3.99. The Morgan fingerprint density at radius 1 is 1.04 bits per heavy atom. The van der Waals surface area contributed by atoms with Gasteiger partial charge in [0.15, 0.2) is 0 Å². The van der Waals surface area contributed by atoms with Gasteiger partial charge in [-0.15, -0.1) is 0 Å². The van der Waals surface area contributed by atoms with E-state index in [2.05, 4.69) is 6.07 Å². The Morgan fingerprint density at radius 2 is 1.65 bits per heavy atom. The maximum absolute atomic E-state index is 12.8. The summed E-state index contributed by atoms with van der Waals surface area (Å²) < 4.78 is 4.79. The number of hydrogen-bond acceptors (Lipinski definition) is 4. The molecule has 1 unspecified atom stereocenters. The molecule has 0 radical (unpaired) electrons. The summed E-state index contributed by atoms with van der Waals surface area (Å²) in [5, 5.41) is 0. The molecule has 6 nitrogen and oxygen atoms in total. The fourth-order valence-corrected chi connectivity index (χ4v) is 3.99. The van der Waals surface area contributed by atoms with Crippen LogP contribution < -0.4 is 4.90 Å². The van der Waals surface area contributed by atoms with E-state index in [0.29, 0.717) is 32.5 Å². The van der Waals surface area contributed by atoms with Crippen LogP contribution in [0.25, 0.3) is 0 Å². The SMILES string of the molecule is COC(=O)C1CCN(C(=O)C2CC(=O)N(c3cc(C)cc(C)c3)C2)CC1. The second kappa shape index (κ2) is 7.48.